The van der Waals surface area contributed by atoms with Crippen molar-refractivity contribution < 1.29 is 0 Å². The molecule has 2 rings (SSSR count). The summed E-state index contributed by atoms with van der Waals surface area (Å²) in [6.45, 7) is 3.60. The molecular weight excluding hydrogens is 306 g/mol. The summed E-state index contributed by atoms with van der Waals surface area (Å²) in [7, 11) is 5.89. The van der Waals surface area contributed by atoms with Crippen LogP contribution in [0.5, 0.6) is 0 Å². The number of aromatic nitrogens is 1. The number of guanidine groups is 1. The van der Waals surface area contributed by atoms with E-state index in [-0.39, 0.29) is 0 Å². The molecule has 1 aromatic heterocycles. The normalized spacial score (nSPS) is 11.4. The third-order valence-corrected chi connectivity index (χ3v) is 4.27. The maximum absolute atomic E-state index is 4.47. The molecule has 0 aliphatic rings. The first-order valence-corrected chi connectivity index (χ1v) is 8.58. The number of nitrogens with one attached hydrogen (secondary N) is 2. The number of aryl methyl sites for hydroxylation is 1. The van der Waals surface area contributed by atoms with Gasteiger partial charge in [0.05, 0.1) is 10.7 Å². The van der Waals surface area contributed by atoms with Gasteiger partial charge in [-0.15, -0.1) is 11.3 Å². The minimum absolute atomic E-state index is 0.747. The summed E-state index contributed by atoms with van der Waals surface area (Å²) < 4.78 is 0. The summed E-state index contributed by atoms with van der Waals surface area (Å²) in [6.07, 6.45) is 0.904. The molecule has 5 nitrogen and oxygen atoms in total. The number of hydrogen-bond acceptors (Lipinski definition) is 4. The van der Waals surface area contributed by atoms with Crippen molar-refractivity contribution in [1.82, 2.24) is 15.6 Å². The summed E-state index contributed by atoms with van der Waals surface area (Å²) in [5, 5.41) is 9.90. The van der Waals surface area contributed by atoms with Crippen LogP contribution in [0.15, 0.2) is 34.6 Å². The van der Waals surface area contributed by atoms with Gasteiger partial charge in [-0.25, -0.2) is 4.98 Å². The molecule has 0 saturated carbocycles. The van der Waals surface area contributed by atoms with Crippen LogP contribution in [0.4, 0.5) is 5.69 Å². The minimum atomic E-state index is 0.747. The molecule has 124 valence electrons. The maximum Gasteiger partial charge on any atom is 0.191 e. The number of thiazole rings is 1. The van der Waals surface area contributed by atoms with E-state index in [9.17, 15) is 0 Å². The first kappa shape index (κ1) is 17.3. The molecule has 0 radical (unpaired) electrons. The lowest BCUT2D eigenvalue weighted by Gasteiger charge is -2.15. The van der Waals surface area contributed by atoms with Gasteiger partial charge in [-0.1, -0.05) is 12.1 Å². The Bertz CT molecular complexity index is 648. The van der Waals surface area contributed by atoms with E-state index in [4.69, 9.17) is 0 Å². The zero-order chi connectivity index (χ0) is 16.7. The molecule has 23 heavy (non-hydrogen) atoms. The first-order chi connectivity index (χ1) is 11.1. The zero-order valence-electron chi connectivity index (χ0n) is 14.3. The molecule has 0 aliphatic heterocycles. The third-order valence-electron chi connectivity index (χ3n) is 3.45. The minimum Gasteiger partial charge on any atom is -0.378 e. The summed E-state index contributed by atoms with van der Waals surface area (Å²) in [6, 6.07) is 8.48. The van der Waals surface area contributed by atoms with Gasteiger partial charge < -0.3 is 15.5 Å². The van der Waals surface area contributed by atoms with Crippen LogP contribution in [0, 0.1) is 6.92 Å². The molecule has 0 unspecified atom stereocenters. The van der Waals surface area contributed by atoms with Gasteiger partial charge in [0.15, 0.2) is 5.96 Å². The fraction of sp³-hybridized carbons (Fsp3) is 0.412. The third kappa shape index (κ3) is 5.56. The molecule has 0 bridgehead atoms. The quantitative estimate of drug-likeness (QED) is 0.630. The van der Waals surface area contributed by atoms with Crippen molar-refractivity contribution in [3.05, 3.63) is 45.9 Å². The highest BCUT2D eigenvalue weighted by Gasteiger charge is 2.02. The first-order valence-electron chi connectivity index (χ1n) is 7.70. The van der Waals surface area contributed by atoms with Gasteiger partial charge in [-0.2, -0.15) is 0 Å². The lowest BCUT2D eigenvalue weighted by molar-refractivity contribution is 0.786. The van der Waals surface area contributed by atoms with E-state index in [1.165, 1.54) is 11.3 Å². The smallest absolute Gasteiger partial charge is 0.191 e. The Morgan fingerprint density at radius 1 is 1.30 bits per heavy atom. The number of aliphatic imine (C=N–C) groups is 1. The Morgan fingerprint density at radius 3 is 2.78 bits per heavy atom. The van der Waals surface area contributed by atoms with E-state index in [0.717, 1.165) is 36.2 Å². The highest BCUT2D eigenvalue weighted by Crippen LogP contribution is 2.13. The SMILES string of the molecule is CN=C(NCCc1csc(C)n1)NCc1cccc(N(C)C)c1. The van der Waals surface area contributed by atoms with Crippen LogP contribution in [0.1, 0.15) is 16.3 Å². The van der Waals surface area contributed by atoms with Gasteiger partial charge in [-0.3, -0.25) is 4.99 Å². The largest absolute Gasteiger partial charge is 0.378 e. The number of hydrogen-bond donors (Lipinski definition) is 2. The van der Waals surface area contributed by atoms with E-state index >= 15 is 0 Å². The molecule has 2 aromatic rings. The van der Waals surface area contributed by atoms with Crippen molar-refractivity contribution in [3.63, 3.8) is 0 Å². The van der Waals surface area contributed by atoms with Gasteiger partial charge in [0.25, 0.3) is 0 Å². The van der Waals surface area contributed by atoms with Gasteiger partial charge in [0.1, 0.15) is 0 Å². The number of nitrogens with zero attached hydrogens (tertiary/aromatic N) is 3. The molecule has 0 spiro atoms. The predicted molar refractivity (Wildman–Crippen MR) is 99.5 cm³/mol. The summed E-state index contributed by atoms with van der Waals surface area (Å²) in [5.74, 6) is 0.812. The van der Waals surface area contributed by atoms with Gasteiger partial charge >= 0.3 is 0 Å². The average Bonchev–Trinajstić information content (AvgIpc) is 2.96. The van der Waals surface area contributed by atoms with Crippen molar-refractivity contribution in [2.45, 2.75) is 19.9 Å². The van der Waals surface area contributed by atoms with E-state index in [2.05, 4.69) is 55.2 Å². The van der Waals surface area contributed by atoms with Crippen LogP contribution in [0.25, 0.3) is 0 Å². The summed E-state index contributed by atoms with van der Waals surface area (Å²) >= 11 is 1.69. The monoisotopic (exact) mass is 331 g/mol. The molecule has 6 heteroatoms. The van der Waals surface area contributed by atoms with E-state index in [1.807, 2.05) is 21.0 Å². The van der Waals surface area contributed by atoms with E-state index in [0.29, 0.717) is 0 Å². The average molecular weight is 331 g/mol. The molecule has 0 fully saturated rings. The van der Waals surface area contributed by atoms with Crippen LogP contribution in [-0.4, -0.2) is 38.6 Å². The van der Waals surface area contributed by atoms with E-state index < -0.39 is 0 Å². The highest BCUT2D eigenvalue weighted by atomic mass is 32.1. The topological polar surface area (TPSA) is 52.6 Å². The standard InChI is InChI=1S/C17H25N5S/c1-13-21-15(12-23-13)8-9-19-17(18-2)20-11-14-6-5-7-16(10-14)22(3)4/h5-7,10,12H,8-9,11H2,1-4H3,(H2,18,19,20). The predicted octanol–water partition coefficient (Wildman–Crippen LogP) is 2.43. The molecule has 0 saturated heterocycles. The van der Waals surface area contributed by atoms with Crippen LogP contribution < -0.4 is 15.5 Å². The van der Waals surface area contributed by atoms with Crippen LogP contribution >= 0.6 is 11.3 Å². The second kappa shape index (κ2) is 8.53. The van der Waals surface area contributed by atoms with E-state index in [1.54, 1.807) is 18.4 Å². The van der Waals surface area contributed by atoms with Crippen LogP contribution in [0.2, 0.25) is 0 Å². The van der Waals surface area contributed by atoms with Gasteiger partial charge in [0.2, 0.25) is 0 Å². The number of anilines is 1. The van der Waals surface area contributed by atoms with Crippen LogP contribution in [0.3, 0.4) is 0 Å². The molecule has 1 aromatic carbocycles. The Kier molecular flexibility index (Phi) is 6.40. The lowest BCUT2D eigenvalue weighted by Crippen LogP contribution is -2.37. The molecule has 2 N–H and O–H groups in total. The number of rotatable bonds is 6. The molecule has 0 aliphatic carbocycles. The Labute approximate surface area is 142 Å². The maximum atomic E-state index is 4.47. The fourth-order valence-corrected chi connectivity index (χ4v) is 2.83. The Morgan fingerprint density at radius 2 is 2.13 bits per heavy atom. The second-order valence-corrected chi connectivity index (χ2v) is 6.59. The summed E-state index contributed by atoms with van der Waals surface area (Å²) in [4.78, 5) is 10.8. The van der Waals surface area contributed by atoms with Crippen molar-refractivity contribution in [1.29, 1.82) is 0 Å². The van der Waals surface area contributed by atoms with Crippen molar-refractivity contribution in [2.24, 2.45) is 4.99 Å². The molecule has 1 heterocycles. The zero-order valence-corrected chi connectivity index (χ0v) is 15.1. The highest BCUT2D eigenvalue weighted by molar-refractivity contribution is 7.09. The second-order valence-electron chi connectivity index (χ2n) is 5.52. The Balaban J connectivity index is 1.79. The van der Waals surface area contributed by atoms with Gasteiger partial charge in [-0.05, 0) is 24.6 Å². The van der Waals surface area contributed by atoms with Crippen LogP contribution in [-0.2, 0) is 13.0 Å². The number of benzene rings is 1. The Hall–Kier alpha value is -2.08. The lowest BCUT2D eigenvalue weighted by atomic mass is 10.2. The molecule has 0 amide bonds. The van der Waals surface area contributed by atoms with Crippen molar-refractivity contribution in [3.8, 4) is 0 Å². The summed E-state index contributed by atoms with van der Waals surface area (Å²) in [5.41, 5.74) is 3.56. The van der Waals surface area contributed by atoms with Gasteiger partial charge in [0, 0.05) is 51.7 Å². The van der Waals surface area contributed by atoms with Crippen molar-refractivity contribution >= 4 is 23.0 Å². The molecular formula is C17H25N5S. The van der Waals surface area contributed by atoms with Crippen molar-refractivity contribution in [2.75, 3.05) is 32.6 Å². The molecule has 0 atom stereocenters. The fourth-order valence-electron chi connectivity index (χ4n) is 2.18.